The summed E-state index contributed by atoms with van der Waals surface area (Å²) >= 11 is 0. The van der Waals surface area contributed by atoms with E-state index >= 15 is 0 Å². The lowest BCUT2D eigenvalue weighted by Crippen LogP contribution is -2.13. The van der Waals surface area contributed by atoms with Gasteiger partial charge < -0.3 is 10.6 Å². The van der Waals surface area contributed by atoms with E-state index in [1.54, 1.807) is 0 Å². The SMILES string of the molecule is CC(C)(C)c1cc(Nc2c(-c3cccc(C(C)(C)C)c3)cccc2-c2cccc(C(C)(C)C)c2)cc(Nc2c(-c3cccc(C(C)(C)C)c3)cccc2-c2cccc(C(C)(C)C)c2)c1. The molecule has 7 aromatic carbocycles. The van der Waals surface area contributed by atoms with Crippen molar-refractivity contribution in [3.63, 3.8) is 0 Å². The third kappa shape index (κ3) is 10.4. The summed E-state index contributed by atoms with van der Waals surface area (Å²) in [5.41, 5.74) is 20.2. The van der Waals surface area contributed by atoms with Crippen LogP contribution in [0.2, 0.25) is 0 Å². The largest absolute Gasteiger partial charge is 0.354 e. The summed E-state index contributed by atoms with van der Waals surface area (Å²) in [5, 5.41) is 8.19. The Morgan fingerprint density at radius 2 is 0.484 bits per heavy atom. The first kappa shape index (κ1) is 46.1. The average molecular weight is 845 g/mol. The number of para-hydroxylation sites is 2. The molecule has 2 N–H and O–H groups in total. The fourth-order valence-corrected chi connectivity index (χ4v) is 8.44. The lowest BCUT2D eigenvalue weighted by Gasteiger charge is -2.26. The molecule has 0 aliphatic heterocycles. The fraction of sp³-hybridized carbons (Fsp3) is 0.323. The first-order valence-electron chi connectivity index (χ1n) is 23.3. The van der Waals surface area contributed by atoms with Gasteiger partial charge in [-0.25, -0.2) is 0 Å². The molecular weight excluding hydrogens is 773 g/mol. The van der Waals surface area contributed by atoms with Crippen LogP contribution in [0.25, 0.3) is 44.5 Å². The third-order valence-electron chi connectivity index (χ3n) is 12.6. The summed E-state index contributed by atoms with van der Waals surface area (Å²) < 4.78 is 0. The second kappa shape index (κ2) is 17.3. The minimum Gasteiger partial charge on any atom is -0.354 e. The lowest BCUT2D eigenvalue weighted by atomic mass is 9.83. The van der Waals surface area contributed by atoms with E-state index in [9.17, 15) is 0 Å². The van der Waals surface area contributed by atoms with Crippen molar-refractivity contribution in [2.45, 2.75) is 131 Å². The van der Waals surface area contributed by atoms with Crippen molar-refractivity contribution in [3.8, 4) is 44.5 Å². The summed E-state index contributed by atoms with van der Waals surface area (Å²) in [6.45, 7) is 34.4. The van der Waals surface area contributed by atoms with Crippen LogP contribution in [0.1, 0.15) is 132 Å². The Morgan fingerprint density at radius 3 is 0.719 bits per heavy atom. The van der Waals surface area contributed by atoms with Crippen LogP contribution < -0.4 is 10.6 Å². The molecule has 0 amide bonds. The molecule has 0 aliphatic rings. The molecular formula is C62H72N2. The van der Waals surface area contributed by atoms with Gasteiger partial charge in [-0.15, -0.1) is 0 Å². The van der Waals surface area contributed by atoms with Crippen molar-refractivity contribution >= 4 is 22.7 Å². The normalized spacial score (nSPS) is 12.6. The third-order valence-corrected chi connectivity index (χ3v) is 12.6. The highest BCUT2D eigenvalue weighted by molar-refractivity contribution is 5.95. The second-order valence-electron chi connectivity index (χ2n) is 23.1. The fourth-order valence-electron chi connectivity index (χ4n) is 8.44. The van der Waals surface area contributed by atoms with Crippen LogP contribution in [-0.4, -0.2) is 0 Å². The Balaban J connectivity index is 1.45. The summed E-state index contributed by atoms with van der Waals surface area (Å²) in [5.74, 6) is 0. The van der Waals surface area contributed by atoms with Crippen molar-refractivity contribution in [2.24, 2.45) is 0 Å². The van der Waals surface area contributed by atoms with Gasteiger partial charge in [-0.05, 0) is 95.3 Å². The quantitative estimate of drug-likeness (QED) is 0.159. The molecule has 7 aromatic rings. The van der Waals surface area contributed by atoms with Crippen molar-refractivity contribution in [1.82, 2.24) is 0 Å². The predicted molar refractivity (Wildman–Crippen MR) is 281 cm³/mol. The molecule has 2 nitrogen and oxygen atoms in total. The molecule has 0 unspecified atom stereocenters. The zero-order valence-electron chi connectivity index (χ0n) is 41.4. The van der Waals surface area contributed by atoms with E-state index in [0.717, 1.165) is 22.7 Å². The first-order chi connectivity index (χ1) is 29.9. The van der Waals surface area contributed by atoms with Crippen LogP contribution in [-0.2, 0) is 27.1 Å². The monoisotopic (exact) mass is 845 g/mol. The molecule has 0 fully saturated rings. The molecule has 0 radical (unpaired) electrons. The molecule has 330 valence electrons. The molecule has 0 aromatic heterocycles. The van der Waals surface area contributed by atoms with Crippen molar-refractivity contribution in [3.05, 3.63) is 179 Å². The summed E-state index contributed by atoms with van der Waals surface area (Å²) in [6, 6.07) is 56.8. The van der Waals surface area contributed by atoms with Gasteiger partial charge in [0.15, 0.2) is 0 Å². The highest BCUT2D eigenvalue weighted by Crippen LogP contribution is 2.45. The molecule has 0 bridgehead atoms. The standard InChI is InChI=1S/C62H72N2/c1-58(2,3)45-26-16-22-41(34-45)52-30-20-31-53(42-23-17-27-46(35-42)59(4,5)6)56(52)63-50-38-49(62(13,14)15)39-51(40-50)64-57-54(43-24-18-28-47(36-43)60(7,8)9)32-21-33-55(57)44-25-19-29-48(37-44)61(10,11)12/h16-40,63-64H,1-15H3. The molecule has 0 saturated carbocycles. The lowest BCUT2D eigenvalue weighted by molar-refractivity contribution is 0.590. The predicted octanol–water partition coefficient (Wildman–Crippen LogP) is 18.3. The molecule has 0 aliphatic carbocycles. The van der Waals surface area contributed by atoms with Crippen molar-refractivity contribution < 1.29 is 0 Å². The van der Waals surface area contributed by atoms with Gasteiger partial charge in [0.1, 0.15) is 0 Å². The van der Waals surface area contributed by atoms with E-state index in [2.05, 4.69) is 266 Å². The Hall–Kier alpha value is -5.86. The van der Waals surface area contributed by atoms with E-state index in [4.69, 9.17) is 0 Å². The summed E-state index contributed by atoms with van der Waals surface area (Å²) in [6.07, 6.45) is 0. The maximum atomic E-state index is 4.09. The number of nitrogens with one attached hydrogen (secondary N) is 2. The smallest absolute Gasteiger partial charge is 0.0543 e. The van der Waals surface area contributed by atoms with E-state index in [1.165, 1.54) is 72.3 Å². The van der Waals surface area contributed by atoms with Crippen molar-refractivity contribution in [2.75, 3.05) is 10.6 Å². The second-order valence-corrected chi connectivity index (χ2v) is 23.1. The van der Waals surface area contributed by atoms with E-state index in [0.29, 0.717) is 0 Å². The average Bonchev–Trinajstić information content (AvgIpc) is 3.22. The molecule has 0 saturated heterocycles. The maximum Gasteiger partial charge on any atom is 0.0543 e. The number of anilines is 4. The Bertz CT molecular complexity index is 2450. The van der Waals surface area contributed by atoms with Gasteiger partial charge in [0.05, 0.1) is 11.4 Å². The minimum absolute atomic E-state index is 0.0150. The number of rotatable bonds is 8. The summed E-state index contributed by atoms with van der Waals surface area (Å²) in [7, 11) is 0. The van der Waals surface area contributed by atoms with Crippen LogP contribution in [0, 0.1) is 0 Å². The maximum absolute atomic E-state index is 4.09. The molecule has 64 heavy (non-hydrogen) atoms. The molecule has 0 spiro atoms. The zero-order chi connectivity index (χ0) is 46.4. The number of hydrogen-bond donors (Lipinski definition) is 2. The van der Waals surface area contributed by atoms with Gasteiger partial charge in [0.25, 0.3) is 0 Å². The highest BCUT2D eigenvalue weighted by Gasteiger charge is 2.23. The highest BCUT2D eigenvalue weighted by atomic mass is 14.9. The van der Waals surface area contributed by atoms with E-state index in [1.807, 2.05) is 0 Å². The van der Waals surface area contributed by atoms with Crippen LogP contribution in [0.4, 0.5) is 22.7 Å². The summed E-state index contributed by atoms with van der Waals surface area (Å²) in [4.78, 5) is 0. The van der Waals surface area contributed by atoms with Crippen LogP contribution in [0.3, 0.4) is 0 Å². The van der Waals surface area contributed by atoms with Gasteiger partial charge in [0, 0.05) is 33.6 Å². The Morgan fingerprint density at radius 1 is 0.250 bits per heavy atom. The van der Waals surface area contributed by atoms with Crippen molar-refractivity contribution in [1.29, 1.82) is 0 Å². The zero-order valence-corrected chi connectivity index (χ0v) is 41.4. The minimum atomic E-state index is -0.122. The first-order valence-corrected chi connectivity index (χ1v) is 23.3. The molecule has 0 atom stereocenters. The number of benzene rings is 7. The van der Waals surface area contributed by atoms with Crippen LogP contribution in [0.15, 0.2) is 152 Å². The van der Waals surface area contributed by atoms with Crippen LogP contribution >= 0.6 is 0 Å². The molecule has 0 heterocycles. The van der Waals surface area contributed by atoms with Crippen LogP contribution in [0.5, 0.6) is 0 Å². The molecule has 7 rings (SSSR count). The Labute approximate surface area is 386 Å². The van der Waals surface area contributed by atoms with Gasteiger partial charge >= 0.3 is 0 Å². The van der Waals surface area contributed by atoms with Gasteiger partial charge in [-0.2, -0.15) is 0 Å². The van der Waals surface area contributed by atoms with E-state index in [-0.39, 0.29) is 27.1 Å². The van der Waals surface area contributed by atoms with Gasteiger partial charge in [-0.3, -0.25) is 0 Å². The topological polar surface area (TPSA) is 24.1 Å². The Kier molecular flexibility index (Phi) is 12.4. The van der Waals surface area contributed by atoms with E-state index < -0.39 is 0 Å². The van der Waals surface area contributed by atoms with Gasteiger partial charge in [0.2, 0.25) is 0 Å². The van der Waals surface area contributed by atoms with Gasteiger partial charge in [-0.1, -0.05) is 237 Å². The number of hydrogen-bond acceptors (Lipinski definition) is 2. The molecule has 2 heteroatoms.